The molecule has 1 saturated heterocycles. The smallest absolute Gasteiger partial charge is 0.490 e. The average Bonchev–Trinajstić information content (AvgIpc) is 3.32. The highest BCUT2D eigenvalue weighted by atomic mass is 19.4. The van der Waals surface area contributed by atoms with E-state index in [9.17, 15) is 22.8 Å². The van der Waals surface area contributed by atoms with E-state index < -0.39 is 12.1 Å². The highest BCUT2D eigenvalue weighted by molar-refractivity contribution is 6.04. The Kier molecular flexibility index (Phi) is 10.3. The molecule has 0 aliphatic carbocycles. The first-order valence-electron chi connectivity index (χ1n) is 13.1. The van der Waals surface area contributed by atoms with Crippen LogP contribution in [0.3, 0.4) is 0 Å². The van der Waals surface area contributed by atoms with Gasteiger partial charge in [-0.25, -0.2) is 4.79 Å². The number of morpholine rings is 1. The summed E-state index contributed by atoms with van der Waals surface area (Å²) < 4.78 is 43.6. The molecule has 2 aromatic carbocycles. The van der Waals surface area contributed by atoms with E-state index in [0.717, 1.165) is 50.1 Å². The maximum absolute atomic E-state index is 13.2. The highest BCUT2D eigenvalue weighted by Crippen LogP contribution is 2.48. The zero-order chi connectivity index (χ0) is 28.6. The minimum atomic E-state index is -5.08. The Morgan fingerprint density at radius 1 is 1.10 bits per heavy atom. The van der Waals surface area contributed by atoms with Gasteiger partial charge >= 0.3 is 12.1 Å². The quantitative estimate of drug-likeness (QED) is 0.407. The molecule has 0 amide bonds. The Hall–Kier alpha value is -3.24. The molecule has 1 fully saturated rings. The molecule has 0 spiro atoms. The fraction of sp³-hybridized carbons (Fsp3) is 0.483. The zero-order valence-electron chi connectivity index (χ0n) is 22.1. The summed E-state index contributed by atoms with van der Waals surface area (Å²) in [5.74, 6) is -2.02. The Morgan fingerprint density at radius 3 is 2.36 bits per heavy atom. The van der Waals surface area contributed by atoms with Crippen LogP contribution in [0.1, 0.15) is 77.8 Å². The number of halogens is 3. The van der Waals surface area contributed by atoms with Crippen molar-refractivity contribution in [2.24, 2.45) is 0 Å². The summed E-state index contributed by atoms with van der Waals surface area (Å²) >= 11 is 0. The highest BCUT2D eigenvalue weighted by Gasteiger charge is 2.43. The SMILES string of the molecule is CCC(=O)c1cc(C(=O)CCC[C@H]2CNCCO2)cc2c1OCC2(CC)c1ccccc1.O=C(O)C(F)(F)F. The molecule has 2 aliphatic rings. The summed E-state index contributed by atoms with van der Waals surface area (Å²) in [6.45, 7) is 6.93. The van der Waals surface area contributed by atoms with E-state index in [0.29, 0.717) is 36.3 Å². The van der Waals surface area contributed by atoms with Gasteiger partial charge in [0, 0.05) is 37.1 Å². The van der Waals surface area contributed by atoms with Gasteiger partial charge in [0.05, 0.1) is 23.7 Å². The molecule has 7 nitrogen and oxygen atoms in total. The Balaban J connectivity index is 0.000000532. The van der Waals surface area contributed by atoms with Crippen LogP contribution in [0.4, 0.5) is 13.2 Å². The number of ketones is 2. The molecule has 2 aliphatic heterocycles. The lowest BCUT2D eigenvalue weighted by Gasteiger charge is -2.27. The van der Waals surface area contributed by atoms with E-state index in [4.69, 9.17) is 19.4 Å². The molecule has 0 radical (unpaired) electrons. The molecule has 212 valence electrons. The van der Waals surface area contributed by atoms with Crippen LogP contribution < -0.4 is 10.1 Å². The average molecular weight is 550 g/mol. The molecule has 2 N–H and O–H groups in total. The number of fused-ring (bicyclic) bond motifs is 1. The van der Waals surface area contributed by atoms with E-state index in [1.54, 1.807) is 6.07 Å². The van der Waals surface area contributed by atoms with Gasteiger partial charge in [0.1, 0.15) is 12.4 Å². The number of nitrogens with one attached hydrogen (secondary N) is 1. The number of rotatable bonds is 9. The summed E-state index contributed by atoms with van der Waals surface area (Å²) in [4.78, 5) is 34.9. The van der Waals surface area contributed by atoms with Gasteiger partial charge in [-0.15, -0.1) is 0 Å². The van der Waals surface area contributed by atoms with E-state index >= 15 is 0 Å². The van der Waals surface area contributed by atoms with Crippen molar-refractivity contribution in [3.8, 4) is 5.75 Å². The molecule has 0 aromatic heterocycles. The molecule has 39 heavy (non-hydrogen) atoms. The second-order valence-corrected chi connectivity index (χ2v) is 9.58. The number of benzene rings is 2. The molecule has 2 aromatic rings. The third kappa shape index (κ3) is 7.24. The number of ether oxygens (including phenoxy) is 2. The van der Waals surface area contributed by atoms with Crippen LogP contribution in [0.5, 0.6) is 5.75 Å². The van der Waals surface area contributed by atoms with Crippen molar-refractivity contribution < 1.29 is 42.1 Å². The van der Waals surface area contributed by atoms with Crippen molar-refractivity contribution in [1.29, 1.82) is 0 Å². The number of carbonyl (C=O) groups is 3. The van der Waals surface area contributed by atoms with E-state index in [1.807, 2.05) is 31.2 Å². The van der Waals surface area contributed by atoms with E-state index in [2.05, 4.69) is 24.4 Å². The minimum Gasteiger partial charge on any atom is -0.491 e. The molecule has 1 unspecified atom stereocenters. The number of hydrogen-bond acceptors (Lipinski definition) is 6. The van der Waals surface area contributed by atoms with Gasteiger partial charge in [-0.1, -0.05) is 44.2 Å². The van der Waals surface area contributed by atoms with Crippen molar-refractivity contribution in [3.05, 3.63) is 64.7 Å². The minimum absolute atomic E-state index is 0.0116. The van der Waals surface area contributed by atoms with Crippen molar-refractivity contribution in [2.45, 2.75) is 63.6 Å². The molecular formula is C29H34F3NO6. The number of aliphatic carboxylic acids is 1. The van der Waals surface area contributed by atoms with Gasteiger partial charge < -0.3 is 19.9 Å². The number of carboxylic acids is 1. The van der Waals surface area contributed by atoms with Crippen molar-refractivity contribution >= 4 is 17.5 Å². The lowest BCUT2D eigenvalue weighted by Crippen LogP contribution is -2.38. The van der Waals surface area contributed by atoms with Crippen molar-refractivity contribution in [3.63, 3.8) is 0 Å². The number of hydrogen-bond donors (Lipinski definition) is 2. The van der Waals surface area contributed by atoms with Crippen molar-refractivity contribution in [2.75, 3.05) is 26.3 Å². The summed E-state index contributed by atoms with van der Waals surface area (Å²) in [5, 5.41) is 10.5. The van der Waals surface area contributed by atoms with Crippen LogP contribution in [0, 0.1) is 0 Å². The first-order valence-corrected chi connectivity index (χ1v) is 13.1. The predicted molar refractivity (Wildman–Crippen MR) is 139 cm³/mol. The van der Waals surface area contributed by atoms with Gasteiger partial charge in [-0.05, 0) is 37.0 Å². The van der Waals surface area contributed by atoms with E-state index in [1.165, 1.54) is 0 Å². The van der Waals surface area contributed by atoms with Crippen LogP contribution in [0.25, 0.3) is 0 Å². The standard InChI is InChI=1S/C27H33NO4.C2HF3O2/c1-3-24(29)22-15-19(25(30)12-8-11-21-17-28-13-14-31-21)16-23-26(22)32-18-27(23,4-2)20-9-6-5-7-10-20;3-2(4,5)1(6)7/h5-7,9-10,15-16,21,28H,3-4,8,11-14,17-18H2,1-2H3;(H,6,7)/t21-,27?;/m0./s1. The molecule has 4 rings (SSSR count). The van der Waals surface area contributed by atoms with Gasteiger partial charge in [-0.3, -0.25) is 9.59 Å². The fourth-order valence-electron chi connectivity index (χ4n) is 4.90. The van der Waals surface area contributed by atoms with Crippen LogP contribution in [-0.4, -0.2) is 61.2 Å². The zero-order valence-corrected chi connectivity index (χ0v) is 22.1. The van der Waals surface area contributed by atoms with E-state index in [-0.39, 0.29) is 23.1 Å². The largest absolute Gasteiger partial charge is 0.491 e. The van der Waals surface area contributed by atoms with Gasteiger partial charge in [0.2, 0.25) is 0 Å². The summed E-state index contributed by atoms with van der Waals surface area (Å²) in [6, 6.07) is 14.0. The van der Waals surface area contributed by atoms with Crippen LogP contribution in [0.15, 0.2) is 42.5 Å². The van der Waals surface area contributed by atoms with Gasteiger partial charge in [0.15, 0.2) is 11.6 Å². The monoisotopic (exact) mass is 549 g/mol. The van der Waals surface area contributed by atoms with Gasteiger partial charge in [-0.2, -0.15) is 13.2 Å². The third-order valence-electron chi connectivity index (χ3n) is 7.12. The Labute approximate surface area is 225 Å². The first-order chi connectivity index (χ1) is 18.5. The second kappa shape index (κ2) is 13.2. The summed E-state index contributed by atoms with van der Waals surface area (Å²) in [7, 11) is 0. The van der Waals surface area contributed by atoms with Gasteiger partial charge in [0.25, 0.3) is 0 Å². The van der Waals surface area contributed by atoms with Crippen LogP contribution >= 0.6 is 0 Å². The molecule has 2 atom stereocenters. The Morgan fingerprint density at radius 2 is 1.79 bits per heavy atom. The van der Waals surface area contributed by atoms with Crippen LogP contribution in [-0.2, 0) is 14.9 Å². The third-order valence-corrected chi connectivity index (χ3v) is 7.12. The lowest BCUT2D eigenvalue weighted by atomic mass is 9.73. The molecule has 0 bridgehead atoms. The van der Waals surface area contributed by atoms with Crippen molar-refractivity contribution in [1.82, 2.24) is 5.32 Å². The lowest BCUT2D eigenvalue weighted by molar-refractivity contribution is -0.192. The molecule has 10 heteroatoms. The number of Topliss-reactive ketones (excluding diaryl/α,β-unsaturated/α-hetero) is 2. The first kappa shape index (κ1) is 30.3. The number of alkyl halides is 3. The fourth-order valence-corrected chi connectivity index (χ4v) is 4.90. The number of carbonyl (C=O) groups excluding carboxylic acids is 2. The summed E-state index contributed by atoms with van der Waals surface area (Å²) in [5.41, 5.74) is 2.93. The summed E-state index contributed by atoms with van der Waals surface area (Å²) in [6.07, 6.45) is -1.63. The number of carboxylic acid groups (broad SMARTS) is 1. The topological polar surface area (TPSA) is 102 Å². The molecular weight excluding hydrogens is 515 g/mol. The molecule has 2 heterocycles. The normalized spacial score (nSPS) is 20.3. The predicted octanol–water partition coefficient (Wildman–Crippen LogP) is 5.34. The second-order valence-electron chi connectivity index (χ2n) is 9.58. The Bertz CT molecular complexity index is 1160. The molecule has 0 saturated carbocycles. The van der Waals surface area contributed by atoms with Crippen LogP contribution in [0.2, 0.25) is 0 Å². The maximum Gasteiger partial charge on any atom is 0.490 e. The maximum atomic E-state index is 13.2.